The normalized spacial score (nSPS) is 12.1. The van der Waals surface area contributed by atoms with E-state index in [9.17, 15) is 4.79 Å². The number of ether oxygens (including phenoxy) is 1. The first-order valence-corrected chi connectivity index (χ1v) is 8.34. The lowest BCUT2D eigenvalue weighted by atomic mass is 9.87. The summed E-state index contributed by atoms with van der Waals surface area (Å²) in [7, 11) is 0. The summed E-state index contributed by atoms with van der Waals surface area (Å²) in [6.45, 7) is 8.27. The minimum Gasteiger partial charge on any atom is -0.484 e. The van der Waals surface area contributed by atoms with Crippen LogP contribution in [-0.4, -0.2) is 18.2 Å². The van der Waals surface area contributed by atoms with Crippen LogP contribution in [-0.2, 0) is 10.2 Å². The molecule has 0 aliphatic heterocycles. The summed E-state index contributed by atoms with van der Waals surface area (Å²) in [6.07, 6.45) is 0. The Morgan fingerprint density at radius 1 is 1.22 bits per heavy atom. The van der Waals surface area contributed by atoms with Gasteiger partial charge in [-0.15, -0.1) is 11.3 Å². The average Bonchev–Trinajstić information content (AvgIpc) is 3.04. The van der Waals surface area contributed by atoms with Crippen molar-refractivity contribution in [1.82, 2.24) is 5.43 Å². The number of carbonyl (C=O) groups excluding carboxylic acids is 1. The van der Waals surface area contributed by atoms with Gasteiger partial charge in [0.1, 0.15) is 5.75 Å². The van der Waals surface area contributed by atoms with Gasteiger partial charge in [-0.05, 0) is 41.5 Å². The van der Waals surface area contributed by atoms with Crippen molar-refractivity contribution in [3.63, 3.8) is 0 Å². The summed E-state index contributed by atoms with van der Waals surface area (Å²) in [6, 6.07) is 11.7. The van der Waals surface area contributed by atoms with Crippen molar-refractivity contribution in [2.45, 2.75) is 33.1 Å². The number of hydrazone groups is 1. The van der Waals surface area contributed by atoms with Crippen molar-refractivity contribution in [3.05, 3.63) is 52.2 Å². The summed E-state index contributed by atoms with van der Waals surface area (Å²) >= 11 is 1.58. The van der Waals surface area contributed by atoms with Gasteiger partial charge in [0.15, 0.2) is 6.61 Å². The Morgan fingerprint density at radius 3 is 2.48 bits per heavy atom. The number of nitrogens with one attached hydrogen (secondary N) is 1. The zero-order valence-electron chi connectivity index (χ0n) is 13.9. The Morgan fingerprint density at radius 2 is 1.91 bits per heavy atom. The van der Waals surface area contributed by atoms with Crippen LogP contribution in [0.25, 0.3) is 0 Å². The summed E-state index contributed by atoms with van der Waals surface area (Å²) in [5, 5.41) is 6.05. The molecule has 122 valence electrons. The van der Waals surface area contributed by atoms with E-state index in [4.69, 9.17) is 4.74 Å². The number of amides is 1. The second-order valence-corrected chi connectivity index (χ2v) is 7.22. The predicted molar refractivity (Wildman–Crippen MR) is 95.3 cm³/mol. The SMILES string of the molecule is CC(=NNC(=O)COc1ccc(C(C)(C)C)cc1)c1cccs1. The summed E-state index contributed by atoms with van der Waals surface area (Å²) in [4.78, 5) is 12.8. The summed E-state index contributed by atoms with van der Waals surface area (Å²) in [5.74, 6) is 0.396. The molecule has 2 aromatic rings. The molecule has 2 rings (SSSR count). The molecule has 23 heavy (non-hydrogen) atoms. The zero-order chi connectivity index (χ0) is 16.9. The van der Waals surface area contributed by atoms with Gasteiger partial charge in [0.05, 0.1) is 5.71 Å². The van der Waals surface area contributed by atoms with Crippen molar-refractivity contribution >= 4 is 23.0 Å². The van der Waals surface area contributed by atoms with E-state index in [1.54, 1.807) is 11.3 Å². The van der Waals surface area contributed by atoms with E-state index in [-0.39, 0.29) is 17.9 Å². The van der Waals surface area contributed by atoms with Crippen molar-refractivity contribution in [3.8, 4) is 5.75 Å². The highest BCUT2D eigenvalue weighted by Crippen LogP contribution is 2.24. The monoisotopic (exact) mass is 330 g/mol. The van der Waals surface area contributed by atoms with Crippen molar-refractivity contribution < 1.29 is 9.53 Å². The van der Waals surface area contributed by atoms with E-state index in [2.05, 4.69) is 31.3 Å². The fraction of sp³-hybridized carbons (Fsp3) is 0.333. The lowest BCUT2D eigenvalue weighted by Gasteiger charge is -2.19. The molecule has 0 saturated heterocycles. The van der Waals surface area contributed by atoms with E-state index in [1.165, 1.54) is 5.56 Å². The van der Waals surface area contributed by atoms with Crippen molar-refractivity contribution in [2.24, 2.45) is 5.10 Å². The summed E-state index contributed by atoms with van der Waals surface area (Å²) < 4.78 is 5.48. The third-order valence-electron chi connectivity index (χ3n) is 3.32. The topological polar surface area (TPSA) is 50.7 Å². The molecule has 0 saturated carbocycles. The van der Waals surface area contributed by atoms with E-state index >= 15 is 0 Å². The van der Waals surface area contributed by atoms with Gasteiger partial charge in [-0.1, -0.05) is 39.0 Å². The highest BCUT2D eigenvalue weighted by Gasteiger charge is 2.13. The molecule has 0 fully saturated rings. The van der Waals surface area contributed by atoms with Gasteiger partial charge in [-0.25, -0.2) is 5.43 Å². The maximum absolute atomic E-state index is 11.8. The van der Waals surface area contributed by atoms with Crippen LogP contribution in [0.1, 0.15) is 38.1 Å². The number of benzene rings is 1. The fourth-order valence-corrected chi connectivity index (χ4v) is 2.60. The molecule has 0 aliphatic rings. The smallest absolute Gasteiger partial charge is 0.277 e. The van der Waals surface area contributed by atoms with Crippen LogP contribution in [0.3, 0.4) is 0 Å². The molecule has 0 radical (unpaired) electrons. The number of hydrogen-bond acceptors (Lipinski definition) is 4. The molecule has 5 heteroatoms. The van der Waals surface area contributed by atoms with Gasteiger partial charge in [0.2, 0.25) is 0 Å². The van der Waals surface area contributed by atoms with Crippen LogP contribution in [0.2, 0.25) is 0 Å². The van der Waals surface area contributed by atoms with Crippen LogP contribution >= 0.6 is 11.3 Å². The Labute approximate surface area is 141 Å². The zero-order valence-corrected chi connectivity index (χ0v) is 14.7. The molecule has 1 N–H and O–H groups in total. The number of hydrogen-bond donors (Lipinski definition) is 1. The molecular weight excluding hydrogens is 308 g/mol. The Balaban J connectivity index is 1.84. The van der Waals surface area contributed by atoms with E-state index < -0.39 is 0 Å². The lowest BCUT2D eigenvalue weighted by Crippen LogP contribution is -2.25. The van der Waals surface area contributed by atoms with Crippen LogP contribution in [0.15, 0.2) is 46.9 Å². The molecule has 1 amide bonds. The van der Waals surface area contributed by atoms with Crippen molar-refractivity contribution in [2.75, 3.05) is 6.61 Å². The van der Waals surface area contributed by atoms with Crippen LogP contribution < -0.4 is 10.2 Å². The maximum Gasteiger partial charge on any atom is 0.277 e. The minimum absolute atomic E-state index is 0.0594. The van der Waals surface area contributed by atoms with E-state index in [1.807, 2.05) is 48.7 Å². The standard InChI is InChI=1S/C18H22N2O2S/c1-13(16-6-5-11-23-16)19-20-17(21)12-22-15-9-7-14(8-10-15)18(2,3)4/h5-11H,12H2,1-4H3,(H,20,21). The fourth-order valence-electron chi connectivity index (χ4n) is 1.92. The van der Waals surface area contributed by atoms with E-state index in [0.717, 1.165) is 10.6 Å². The molecular formula is C18H22N2O2S. The maximum atomic E-state index is 11.8. The first kappa shape index (κ1) is 17.2. The average molecular weight is 330 g/mol. The van der Waals surface area contributed by atoms with E-state index in [0.29, 0.717) is 5.75 Å². The third kappa shape index (κ3) is 5.21. The molecule has 0 bridgehead atoms. The Hall–Kier alpha value is -2.14. The van der Waals surface area contributed by atoms with Crippen LogP contribution in [0.4, 0.5) is 0 Å². The van der Waals surface area contributed by atoms with Crippen LogP contribution in [0.5, 0.6) is 5.75 Å². The van der Waals surface area contributed by atoms with Gasteiger partial charge in [-0.2, -0.15) is 5.10 Å². The quantitative estimate of drug-likeness (QED) is 0.666. The van der Waals surface area contributed by atoms with Gasteiger partial charge < -0.3 is 4.74 Å². The van der Waals surface area contributed by atoms with Crippen molar-refractivity contribution in [1.29, 1.82) is 0 Å². The lowest BCUT2D eigenvalue weighted by molar-refractivity contribution is -0.123. The molecule has 0 spiro atoms. The minimum atomic E-state index is -0.277. The molecule has 0 unspecified atom stereocenters. The van der Waals surface area contributed by atoms with Gasteiger partial charge >= 0.3 is 0 Å². The molecule has 1 heterocycles. The largest absolute Gasteiger partial charge is 0.484 e. The number of carbonyl (C=O) groups is 1. The number of rotatable bonds is 5. The second-order valence-electron chi connectivity index (χ2n) is 6.27. The first-order valence-electron chi connectivity index (χ1n) is 7.46. The van der Waals surface area contributed by atoms with Crippen LogP contribution in [0, 0.1) is 0 Å². The highest BCUT2D eigenvalue weighted by atomic mass is 32.1. The predicted octanol–water partition coefficient (Wildman–Crippen LogP) is 3.96. The summed E-state index contributed by atoms with van der Waals surface area (Å²) in [5.41, 5.74) is 4.62. The second kappa shape index (κ2) is 7.42. The molecule has 0 atom stereocenters. The van der Waals surface area contributed by atoms with Gasteiger partial charge in [0.25, 0.3) is 5.91 Å². The molecule has 0 aliphatic carbocycles. The molecule has 1 aromatic carbocycles. The highest BCUT2D eigenvalue weighted by molar-refractivity contribution is 7.12. The Kier molecular flexibility index (Phi) is 5.55. The van der Waals surface area contributed by atoms with Gasteiger partial charge in [0, 0.05) is 4.88 Å². The third-order valence-corrected chi connectivity index (χ3v) is 4.29. The molecule has 4 nitrogen and oxygen atoms in total. The number of thiophene rings is 1. The van der Waals surface area contributed by atoms with Gasteiger partial charge in [-0.3, -0.25) is 4.79 Å². The molecule has 1 aromatic heterocycles. The number of nitrogens with zero attached hydrogens (tertiary/aromatic N) is 1. The Bertz CT molecular complexity index is 668. The first-order chi connectivity index (χ1) is 10.9.